The number of nitrogens with zero attached hydrogens (tertiary/aromatic N) is 1. The van der Waals surface area contributed by atoms with Crippen LogP contribution in [0.4, 0.5) is 4.79 Å². The van der Waals surface area contributed by atoms with Crippen molar-refractivity contribution in [1.82, 2.24) is 14.9 Å². The molecule has 0 aliphatic rings. The van der Waals surface area contributed by atoms with Gasteiger partial charge in [0.15, 0.2) is 5.78 Å². The van der Waals surface area contributed by atoms with Gasteiger partial charge in [-0.2, -0.15) is 4.31 Å². The van der Waals surface area contributed by atoms with Gasteiger partial charge in [-0.25, -0.2) is 13.2 Å². The van der Waals surface area contributed by atoms with Crippen LogP contribution in [-0.2, 0) is 46.8 Å². The van der Waals surface area contributed by atoms with Gasteiger partial charge in [0.25, 0.3) is 0 Å². The Bertz CT molecular complexity index is 1390. The van der Waals surface area contributed by atoms with E-state index in [4.69, 9.17) is 4.74 Å². The maximum atomic E-state index is 13.3. The van der Waals surface area contributed by atoms with Crippen molar-refractivity contribution in [2.45, 2.75) is 65.0 Å². The summed E-state index contributed by atoms with van der Waals surface area (Å²) >= 11 is 0. The van der Waals surface area contributed by atoms with E-state index in [1.54, 1.807) is 30.3 Å². The standard InChI is InChI=1S/C31H41N3O9S/c1-22(19-27(36)32-17-15-23-11-7-5-8-12-23)29(39)33-25(20-28(37)38)26(35)21-34(30(40)43-31(2,3)4)44(41,42)18-16-24-13-9-6-10-14-24/h5-14,22,25H,15-21H2,1-4H3,(H,32,36)(H,33,39)(H,37,38). The minimum Gasteiger partial charge on any atom is -0.481 e. The molecule has 3 amide bonds. The topological polar surface area (TPSA) is 176 Å². The van der Waals surface area contributed by atoms with E-state index >= 15 is 0 Å². The van der Waals surface area contributed by atoms with Gasteiger partial charge in [0, 0.05) is 18.9 Å². The van der Waals surface area contributed by atoms with Crippen LogP contribution in [0.25, 0.3) is 0 Å². The Balaban J connectivity index is 2.11. The molecule has 2 unspecified atom stereocenters. The largest absolute Gasteiger partial charge is 0.481 e. The Kier molecular flexibility index (Phi) is 13.5. The highest BCUT2D eigenvalue weighted by Crippen LogP contribution is 2.16. The van der Waals surface area contributed by atoms with Gasteiger partial charge in [-0.05, 0) is 44.7 Å². The van der Waals surface area contributed by atoms with Crippen LogP contribution in [0.5, 0.6) is 0 Å². The number of aryl methyl sites for hydroxylation is 1. The van der Waals surface area contributed by atoms with Gasteiger partial charge in [-0.3, -0.25) is 19.2 Å². The first-order valence-electron chi connectivity index (χ1n) is 14.2. The van der Waals surface area contributed by atoms with Crippen LogP contribution in [0.1, 0.15) is 51.7 Å². The van der Waals surface area contributed by atoms with Crippen LogP contribution in [0.15, 0.2) is 60.7 Å². The lowest BCUT2D eigenvalue weighted by Gasteiger charge is -2.28. The van der Waals surface area contributed by atoms with Crippen molar-refractivity contribution in [3.05, 3.63) is 71.8 Å². The molecular weight excluding hydrogens is 590 g/mol. The van der Waals surface area contributed by atoms with Gasteiger partial charge in [0.05, 0.1) is 18.2 Å². The third-order valence-electron chi connectivity index (χ3n) is 6.33. The van der Waals surface area contributed by atoms with Crippen LogP contribution in [-0.4, -0.2) is 78.0 Å². The average molecular weight is 632 g/mol. The van der Waals surface area contributed by atoms with E-state index in [2.05, 4.69) is 10.6 Å². The van der Waals surface area contributed by atoms with Crippen molar-refractivity contribution in [1.29, 1.82) is 0 Å². The minimum absolute atomic E-state index is 0.0386. The number of carboxylic acid groups (broad SMARTS) is 1. The number of rotatable bonds is 16. The molecule has 240 valence electrons. The number of carboxylic acids is 1. The lowest BCUT2D eigenvalue weighted by atomic mass is 10.0. The Morgan fingerprint density at radius 1 is 0.886 bits per heavy atom. The number of carbonyl (C=O) groups excluding carboxylic acids is 4. The first-order valence-corrected chi connectivity index (χ1v) is 15.8. The van der Waals surface area contributed by atoms with Crippen molar-refractivity contribution in [2.75, 3.05) is 18.8 Å². The zero-order valence-electron chi connectivity index (χ0n) is 25.4. The molecule has 2 aromatic carbocycles. The summed E-state index contributed by atoms with van der Waals surface area (Å²) in [5.41, 5.74) is 0.607. The SMILES string of the molecule is CC(CC(=O)NCCc1ccccc1)C(=O)NC(CC(=O)O)C(=O)CN(C(=O)OC(C)(C)C)S(=O)(=O)CCc1ccccc1. The van der Waals surface area contributed by atoms with Crippen LogP contribution < -0.4 is 10.6 Å². The molecule has 0 saturated heterocycles. The molecule has 0 spiro atoms. The first-order chi connectivity index (χ1) is 20.6. The van der Waals surface area contributed by atoms with E-state index in [0.29, 0.717) is 18.5 Å². The maximum Gasteiger partial charge on any atom is 0.424 e. The molecule has 2 rings (SSSR count). The Morgan fingerprint density at radius 3 is 1.95 bits per heavy atom. The number of amides is 3. The molecule has 0 saturated carbocycles. The minimum atomic E-state index is -4.41. The summed E-state index contributed by atoms with van der Waals surface area (Å²) in [6.07, 6.45) is -1.78. The number of aliphatic carboxylic acids is 1. The summed E-state index contributed by atoms with van der Waals surface area (Å²) in [7, 11) is -4.41. The maximum absolute atomic E-state index is 13.3. The molecule has 2 aromatic rings. The zero-order valence-corrected chi connectivity index (χ0v) is 26.3. The summed E-state index contributed by atoms with van der Waals surface area (Å²) in [6.45, 7) is 5.29. The fourth-order valence-corrected chi connectivity index (χ4v) is 5.31. The summed E-state index contributed by atoms with van der Waals surface area (Å²) < 4.78 is 32.0. The molecule has 0 aliphatic carbocycles. The number of hydrogen-bond donors (Lipinski definition) is 3. The van der Waals surface area contributed by atoms with Crippen molar-refractivity contribution in [3.63, 3.8) is 0 Å². The summed E-state index contributed by atoms with van der Waals surface area (Å²) in [4.78, 5) is 63.0. The van der Waals surface area contributed by atoms with E-state index in [0.717, 1.165) is 5.56 Å². The fourth-order valence-electron chi connectivity index (χ4n) is 4.01. The number of ether oxygens (including phenoxy) is 1. The summed E-state index contributed by atoms with van der Waals surface area (Å²) in [6, 6.07) is 16.4. The molecule has 3 N–H and O–H groups in total. The molecule has 2 atom stereocenters. The molecule has 0 aliphatic heterocycles. The number of sulfonamides is 1. The normalized spacial score (nSPS) is 12.8. The van der Waals surface area contributed by atoms with E-state index in [9.17, 15) is 37.5 Å². The second kappa shape index (κ2) is 16.6. The van der Waals surface area contributed by atoms with Gasteiger partial charge in [0.2, 0.25) is 21.8 Å². The van der Waals surface area contributed by atoms with Gasteiger partial charge in [0.1, 0.15) is 12.1 Å². The molecule has 0 aromatic heterocycles. The van der Waals surface area contributed by atoms with Crippen LogP contribution in [0.2, 0.25) is 0 Å². The first kappa shape index (κ1) is 35.9. The van der Waals surface area contributed by atoms with Crippen LogP contribution >= 0.6 is 0 Å². The Labute approximate surface area is 258 Å². The lowest BCUT2D eigenvalue weighted by molar-refractivity contribution is -0.140. The highest BCUT2D eigenvalue weighted by Gasteiger charge is 2.36. The lowest BCUT2D eigenvalue weighted by Crippen LogP contribution is -2.51. The fraction of sp³-hybridized carbons (Fsp3) is 0.452. The quantitative estimate of drug-likeness (QED) is 0.251. The Morgan fingerprint density at radius 2 is 1.43 bits per heavy atom. The van der Waals surface area contributed by atoms with Gasteiger partial charge in [-0.1, -0.05) is 67.6 Å². The van der Waals surface area contributed by atoms with E-state index in [-0.39, 0.29) is 17.1 Å². The van der Waals surface area contributed by atoms with Crippen molar-refractivity contribution >= 4 is 39.7 Å². The number of Topliss-reactive ketones (excluding diaryl/α,β-unsaturated/α-hetero) is 1. The zero-order chi connectivity index (χ0) is 32.9. The van der Waals surface area contributed by atoms with Crippen molar-refractivity contribution in [3.8, 4) is 0 Å². The highest BCUT2D eigenvalue weighted by atomic mass is 32.2. The smallest absolute Gasteiger partial charge is 0.424 e. The molecule has 0 fully saturated rings. The predicted octanol–water partition coefficient (Wildman–Crippen LogP) is 2.71. The van der Waals surface area contributed by atoms with Crippen LogP contribution in [0.3, 0.4) is 0 Å². The molecule has 13 heteroatoms. The number of benzene rings is 2. The highest BCUT2D eigenvalue weighted by molar-refractivity contribution is 7.89. The predicted molar refractivity (Wildman–Crippen MR) is 163 cm³/mol. The number of carbonyl (C=O) groups is 5. The van der Waals surface area contributed by atoms with Crippen molar-refractivity contribution < 1.29 is 42.2 Å². The van der Waals surface area contributed by atoms with E-state index < -0.39 is 76.0 Å². The molecule has 0 heterocycles. The monoisotopic (exact) mass is 631 g/mol. The number of ketones is 1. The van der Waals surface area contributed by atoms with Crippen LogP contribution in [0, 0.1) is 5.92 Å². The average Bonchev–Trinajstić information content (AvgIpc) is 2.94. The third-order valence-corrected chi connectivity index (χ3v) is 8.00. The Hall–Kier alpha value is -4.26. The van der Waals surface area contributed by atoms with Gasteiger partial charge >= 0.3 is 12.1 Å². The molecule has 0 bridgehead atoms. The van der Waals surface area contributed by atoms with E-state index in [1.165, 1.54) is 27.7 Å². The van der Waals surface area contributed by atoms with Crippen molar-refractivity contribution in [2.24, 2.45) is 5.92 Å². The molecule has 0 radical (unpaired) electrons. The van der Waals surface area contributed by atoms with Gasteiger partial charge in [-0.15, -0.1) is 0 Å². The number of hydrogen-bond acceptors (Lipinski definition) is 8. The van der Waals surface area contributed by atoms with Gasteiger partial charge < -0.3 is 20.5 Å². The second-order valence-corrected chi connectivity index (χ2v) is 13.4. The third kappa shape index (κ3) is 12.9. The molecule has 12 nitrogen and oxygen atoms in total. The molecular formula is C31H41N3O9S. The second-order valence-electron chi connectivity index (χ2n) is 11.4. The molecule has 44 heavy (non-hydrogen) atoms. The number of nitrogens with one attached hydrogen (secondary N) is 2. The summed E-state index contributed by atoms with van der Waals surface area (Å²) in [5.74, 6) is -5.13. The van der Waals surface area contributed by atoms with E-state index in [1.807, 2.05) is 30.3 Å². The summed E-state index contributed by atoms with van der Waals surface area (Å²) in [5, 5.41) is 14.4.